The first-order valence-corrected chi connectivity index (χ1v) is 21.1. The van der Waals surface area contributed by atoms with Gasteiger partial charge in [0.25, 0.3) is 0 Å². The maximum atomic E-state index is 12.0. The number of para-hydroxylation sites is 1. The fourth-order valence-electron chi connectivity index (χ4n) is 8.32. The molecule has 0 radical (unpaired) electrons. The lowest BCUT2D eigenvalue weighted by atomic mass is 9.75. The van der Waals surface area contributed by atoms with Gasteiger partial charge in [-0.2, -0.15) is 0 Å². The van der Waals surface area contributed by atoms with E-state index in [9.17, 15) is 56.2 Å². The quantitative estimate of drug-likeness (QED) is 0.0317. The van der Waals surface area contributed by atoms with E-state index in [-0.39, 0.29) is 74.5 Å². The molecular weight excluding hydrogens is 852 g/mol. The largest absolute Gasteiger partial charge is 0.513 e. The van der Waals surface area contributed by atoms with E-state index in [4.69, 9.17) is 0 Å². The van der Waals surface area contributed by atoms with Crippen molar-refractivity contribution in [2.45, 2.75) is 39.3 Å². The van der Waals surface area contributed by atoms with Crippen LogP contribution in [0.2, 0.25) is 0 Å². The van der Waals surface area contributed by atoms with Crippen LogP contribution in [0.25, 0.3) is 11.1 Å². The number of hydrogen-bond donors (Lipinski definition) is 12. The Bertz CT molecular complexity index is 2900. The molecule has 0 aromatic heterocycles. The summed E-state index contributed by atoms with van der Waals surface area (Å²) in [6, 6.07) is 8.21. The van der Waals surface area contributed by atoms with Crippen molar-refractivity contribution in [1.29, 1.82) is 0 Å². The highest BCUT2D eigenvalue weighted by Crippen LogP contribution is 2.54. The summed E-state index contributed by atoms with van der Waals surface area (Å²) in [5.41, 5.74) is 5.02. The predicted molar refractivity (Wildman–Crippen MR) is 270 cm³/mol. The number of benzene rings is 2. The summed E-state index contributed by atoms with van der Waals surface area (Å²) >= 11 is 0. The maximum Gasteiger partial charge on any atom is 0.203 e. The van der Waals surface area contributed by atoms with Crippen molar-refractivity contribution in [3.05, 3.63) is 214 Å². The standard InChI is InChI=1S/C51H53B2N3O11/c1-7-9-18-31-27(5)55(35-20-11-10-19-32(31)35)26(4)16-12-14-25(3)15-13-17-29(8-2)56-43-41(40(53)38(49(65)51(43)67)33-23-30(58)21-22-36(59)39(33)52)54-42-44(56)50(66)47(63)34(46(42)62)24-37(60)48(64)45(61)28(6)57/h7-21,23-24,27,34,47,54,57-67H,2,4,6,22,52-53H2,1,3,5H3/b9-7-,15-13+,16-12-,25-14+,29-17+,31-18+,37-24-,48-45-. The number of allylic oxidation sites excluding steroid dienone is 15. The Kier molecular flexibility index (Phi) is 14.0. The molecule has 12 N–H and O–H groups in total. The van der Waals surface area contributed by atoms with Crippen LogP contribution in [0.3, 0.4) is 0 Å². The van der Waals surface area contributed by atoms with Crippen molar-refractivity contribution < 1.29 is 56.2 Å². The van der Waals surface area contributed by atoms with Crippen LogP contribution in [0.15, 0.2) is 203 Å². The molecular formula is C51H53B2N3O11. The van der Waals surface area contributed by atoms with Gasteiger partial charge in [-0.15, -0.1) is 0 Å². The van der Waals surface area contributed by atoms with Gasteiger partial charge in [0.2, 0.25) is 11.5 Å². The van der Waals surface area contributed by atoms with Crippen LogP contribution < -0.4 is 20.6 Å². The second-order valence-electron chi connectivity index (χ2n) is 16.1. The number of hydrogen-bond acceptors (Lipinski definition) is 14. The number of anilines is 3. The van der Waals surface area contributed by atoms with Gasteiger partial charge in [0.1, 0.15) is 56.2 Å². The number of nitrogens with zero attached hydrogens (tertiary/aromatic N) is 2. The smallest absolute Gasteiger partial charge is 0.203 e. The molecule has 344 valence electrons. The highest BCUT2D eigenvalue weighted by Gasteiger charge is 2.45. The zero-order valence-electron chi connectivity index (χ0n) is 37.7. The zero-order valence-corrected chi connectivity index (χ0v) is 37.7. The lowest BCUT2D eigenvalue weighted by molar-refractivity contribution is 0.0999. The molecule has 0 saturated heterocycles. The van der Waals surface area contributed by atoms with Gasteiger partial charge in [0.15, 0.2) is 23.0 Å². The van der Waals surface area contributed by atoms with E-state index < -0.39 is 58.1 Å². The second-order valence-corrected chi connectivity index (χ2v) is 16.1. The van der Waals surface area contributed by atoms with Crippen molar-refractivity contribution in [1.82, 2.24) is 0 Å². The number of aliphatic hydroxyl groups excluding tert-OH is 9. The summed E-state index contributed by atoms with van der Waals surface area (Å²) in [4.78, 5) is 3.42. The Balaban J connectivity index is 1.45. The third kappa shape index (κ3) is 8.94. The molecule has 2 aromatic carbocycles. The Morgan fingerprint density at radius 1 is 0.896 bits per heavy atom. The van der Waals surface area contributed by atoms with Crippen LogP contribution >= 0.6 is 0 Å². The number of nitrogens with one attached hydrogen (secondary N) is 1. The number of fused-ring (bicyclic) bond motifs is 3. The molecule has 0 bridgehead atoms. The summed E-state index contributed by atoms with van der Waals surface area (Å²) in [7, 11) is 3.13. The van der Waals surface area contributed by atoms with Crippen molar-refractivity contribution in [2.75, 3.05) is 15.1 Å². The summed E-state index contributed by atoms with van der Waals surface area (Å²) in [5.74, 6) is -9.54. The number of aliphatic hydroxyl groups is 9. The van der Waals surface area contributed by atoms with Gasteiger partial charge >= 0.3 is 0 Å². The Morgan fingerprint density at radius 3 is 2.25 bits per heavy atom. The normalized spacial score (nSPS) is 21.3. The van der Waals surface area contributed by atoms with Crippen LogP contribution in [-0.4, -0.2) is 84.0 Å². The first kappa shape index (κ1) is 48.2. The molecule has 2 aromatic rings. The van der Waals surface area contributed by atoms with Gasteiger partial charge in [0, 0.05) is 34.6 Å². The van der Waals surface area contributed by atoms with Crippen LogP contribution in [-0.2, 0) is 0 Å². The van der Waals surface area contributed by atoms with Crippen LogP contribution in [0.1, 0.15) is 38.3 Å². The third-order valence-electron chi connectivity index (χ3n) is 11.9. The van der Waals surface area contributed by atoms with E-state index in [2.05, 4.69) is 55.1 Å². The number of phenolic OH excluding ortho intramolecular Hbond substituents is 2. The van der Waals surface area contributed by atoms with Crippen LogP contribution in [0.5, 0.6) is 11.5 Å². The molecule has 2 aliphatic carbocycles. The van der Waals surface area contributed by atoms with Crippen molar-refractivity contribution in [2.24, 2.45) is 5.92 Å². The first-order chi connectivity index (χ1) is 31.8. The van der Waals surface area contributed by atoms with Gasteiger partial charge in [-0.25, -0.2) is 0 Å². The van der Waals surface area contributed by atoms with Crippen LogP contribution in [0.4, 0.5) is 17.1 Å². The lowest BCUT2D eigenvalue weighted by Gasteiger charge is -2.42. The second kappa shape index (κ2) is 19.5. The fourth-order valence-corrected chi connectivity index (χ4v) is 8.32. The molecule has 0 amide bonds. The van der Waals surface area contributed by atoms with Gasteiger partial charge in [-0.1, -0.05) is 91.5 Å². The summed E-state index contributed by atoms with van der Waals surface area (Å²) in [6.45, 7) is 17.4. The Labute approximate surface area is 390 Å². The highest BCUT2D eigenvalue weighted by atomic mass is 16.4. The van der Waals surface area contributed by atoms with Crippen LogP contribution in [0, 0.1) is 5.92 Å². The minimum absolute atomic E-state index is 0.0134. The first-order valence-electron chi connectivity index (χ1n) is 21.1. The zero-order chi connectivity index (χ0) is 49.2. The molecule has 0 spiro atoms. The molecule has 67 heavy (non-hydrogen) atoms. The summed E-state index contributed by atoms with van der Waals surface area (Å²) in [5, 5.41) is 124. The molecule has 3 unspecified atom stereocenters. The van der Waals surface area contributed by atoms with Gasteiger partial charge < -0.3 is 71.3 Å². The minimum Gasteiger partial charge on any atom is -0.513 e. The van der Waals surface area contributed by atoms with E-state index >= 15 is 0 Å². The lowest BCUT2D eigenvalue weighted by Crippen LogP contribution is -2.41. The molecule has 2 aliphatic heterocycles. The molecule has 2 heterocycles. The van der Waals surface area contributed by atoms with Gasteiger partial charge in [-0.3, -0.25) is 0 Å². The van der Waals surface area contributed by atoms with Crippen molar-refractivity contribution in [3.8, 4) is 11.5 Å². The van der Waals surface area contributed by atoms with E-state index in [1.165, 1.54) is 28.7 Å². The molecule has 4 aliphatic rings. The predicted octanol–water partition coefficient (Wildman–Crippen LogP) is 8.10. The summed E-state index contributed by atoms with van der Waals surface area (Å²) in [6.07, 6.45) is 19.5. The van der Waals surface area contributed by atoms with E-state index in [0.717, 1.165) is 28.6 Å². The van der Waals surface area contributed by atoms with E-state index in [0.29, 0.717) is 0 Å². The van der Waals surface area contributed by atoms with Gasteiger partial charge in [0.05, 0.1) is 23.4 Å². The average Bonchev–Trinajstić information content (AvgIpc) is 3.52. The van der Waals surface area contributed by atoms with E-state index in [1.807, 2.05) is 56.4 Å². The van der Waals surface area contributed by atoms with Crippen molar-refractivity contribution >= 4 is 49.4 Å². The maximum absolute atomic E-state index is 12.0. The SMILES string of the molecule is BC1=C(O)CC=C(O)C=C1c1c(B)c2c(c(O)c1O)N(/C(C=C)=C/C=C/C(C)=C/C=C\C(=C)N1c3ccccc3/C(=C/C=C\C)C1C)C1=C(O)C(O)C(/C=C(O)/C(O)=C(/O)C(=C)O)C(O)=C1N2. The highest BCUT2D eigenvalue weighted by molar-refractivity contribution is 6.42. The Hall–Kier alpha value is -8.23. The molecule has 0 fully saturated rings. The molecule has 6 rings (SSSR count). The van der Waals surface area contributed by atoms with E-state index in [1.54, 1.807) is 33.9 Å². The molecule has 14 nitrogen and oxygen atoms in total. The number of phenols is 2. The third-order valence-corrected chi connectivity index (χ3v) is 11.9. The average molecular weight is 906 g/mol. The fraction of sp³-hybridized carbons (Fsp3) is 0.137. The Morgan fingerprint density at radius 2 is 1.58 bits per heavy atom. The number of rotatable bonds is 12. The molecule has 3 atom stereocenters. The monoisotopic (exact) mass is 905 g/mol. The molecule has 0 saturated carbocycles. The number of aromatic hydroxyl groups is 2. The van der Waals surface area contributed by atoms with Crippen molar-refractivity contribution in [3.63, 3.8) is 0 Å². The topological polar surface area (TPSA) is 241 Å². The minimum atomic E-state index is -2.04. The molecule has 16 heteroatoms. The van der Waals surface area contributed by atoms with Gasteiger partial charge in [-0.05, 0) is 79.9 Å². The summed E-state index contributed by atoms with van der Waals surface area (Å²) < 4.78 is 0.